The van der Waals surface area contributed by atoms with E-state index < -0.39 is 0 Å². The molecule has 0 fully saturated rings. The summed E-state index contributed by atoms with van der Waals surface area (Å²) in [6.45, 7) is 0.563. The van der Waals surface area contributed by atoms with E-state index >= 15 is 0 Å². The van der Waals surface area contributed by atoms with E-state index in [2.05, 4.69) is 9.59 Å². The molecule has 2 aromatic rings. The van der Waals surface area contributed by atoms with Crippen LogP contribution in [0.3, 0.4) is 0 Å². The first kappa shape index (κ1) is 8.34. The molecule has 0 bridgehead atoms. The molecule has 0 saturated heterocycles. The molecule has 4 heteroatoms. The van der Waals surface area contributed by atoms with Crippen LogP contribution in [-0.4, -0.2) is 16.1 Å². The SMILES string of the molecule is NC/C=C/c1ccc2snnc2c1. The van der Waals surface area contributed by atoms with Gasteiger partial charge in [0.1, 0.15) is 5.52 Å². The van der Waals surface area contributed by atoms with Gasteiger partial charge in [0.15, 0.2) is 0 Å². The molecular formula is C9H9N3S. The standard InChI is InChI=1S/C9H9N3S/c10-5-1-2-7-3-4-9-8(6-7)11-12-13-9/h1-4,6H,5,10H2/b2-1+. The zero-order chi connectivity index (χ0) is 9.10. The number of benzene rings is 1. The Morgan fingerprint density at radius 1 is 1.46 bits per heavy atom. The fraction of sp³-hybridized carbons (Fsp3) is 0.111. The number of hydrogen-bond acceptors (Lipinski definition) is 4. The Kier molecular flexibility index (Phi) is 2.33. The van der Waals surface area contributed by atoms with Crippen LogP contribution in [0.15, 0.2) is 24.3 Å². The fourth-order valence-electron chi connectivity index (χ4n) is 1.11. The van der Waals surface area contributed by atoms with Crippen molar-refractivity contribution < 1.29 is 0 Å². The van der Waals surface area contributed by atoms with Crippen molar-refractivity contribution >= 4 is 27.8 Å². The van der Waals surface area contributed by atoms with E-state index in [0.29, 0.717) is 6.54 Å². The number of hydrogen-bond donors (Lipinski definition) is 1. The molecule has 1 aromatic carbocycles. The van der Waals surface area contributed by atoms with Gasteiger partial charge < -0.3 is 5.73 Å². The Morgan fingerprint density at radius 3 is 3.23 bits per heavy atom. The van der Waals surface area contributed by atoms with Gasteiger partial charge in [-0.25, -0.2) is 0 Å². The van der Waals surface area contributed by atoms with Crippen molar-refractivity contribution in [2.45, 2.75) is 0 Å². The lowest BCUT2D eigenvalue weighted by atomic mass is 10.2. The van der Waals surface area contributed by atoms with Gasteiger partial charge in [-0.15, -0.1) is 5.10 Å². The molecule has 2 N–H and O–H groups in total. The molecule has 0 saturated carbocycles. The minimum Gasteiger partial charge on any atom is -0.327 e. The highest BCUT2D eigenvalue weighted by molar-refractivity contribution is 7.12. The summed E-state index contributed by atoms with van der Waals surface area (Å²) in [4.78, 5) is 0. The summed E-state index contributed by atoms with van der Waals surface area (Å²) in [6.07, 6.45) is 3.90. The fourth-order valence-corrected chi connectivity index (χ4v) is 1.64. The zero-order valence-electron chi connectivity index (χ0n) is 6.97. The van der Waals surface area contributed by atoms with E-state index in [1.54, 1.807) is 0 Å². The maximum Gasteiger partial charge on any atom is 0.106 e. The van der Waals surface area contributed by atoms with Crippen LogP contribution in [0.2, 0.25) is 0 Å². The van der Waals surface area contributed by atoms with Crippen LogP contribution in [0.25, 0.3) is 16.3 Å². The molecule has 1 aromatic heterocycles. The summed E-state index contributed by atoms with van der Waals surface area (Å²) in [7, 11) is 0. The van der Waals surface area contributed by atoms with Crippen molar-refractivity contribution in [3.05, 3.63) is 29.8 Å². The smallest absolute Gasteiger partial charge is 0.106 e. The topological polar surface area (TPSA) is 51.8 Å². The minimum atomic E-state index is 0.563. The molecule has 0 radical (unpaired) electrons. The quantitative estimate of drug-likeness (QED) is 0.785. The van der Waals surface area contributed by atoms with E-state index in [-0.39, 0.29) is 0 Å². The molecule has 0 aliphatic heterocycles. The minimum absolute atomic E-state index is 0.563. The second-order valence-electron chi connectivity index (χ2n) is 2.64. The third-order valence-electron chi connectivity index (χ3n) is 1.72. The van der Waals surface area contributed by atoms with Crippen LogP contribution in [-0.2, 0) is 0 Å². The van der Waals surface area contributed by atoms with Crippen molar-refractivity contribution in [3.8, 4) is 0 Å². The monoisotopic (exact) mass is 191 g/mol. The van der Waals surface area contributed by atoms with Gasteiger partial charge in [0.25, 0.3) is 0 Å². The maximum atomic E-state index is 5.36. The zero-order valence-corrected chi connectivity index (χ0v) is 7.79. The predicted molar refractivity (Wildman–Crippen MR) is 55.5 cm³/mol. The Hall–Kier alpha value is -1.26. The summed E-state index contributed by atoms with van der Waals surface area (Å²) in [5, 5.41) is 3.99. The van der Waals surface area contributed by atoms with E-state index in [0.717, 1.165) is 15.8 Å². The Bertz CT molecular complexity index is 433. The first-order valence-electron chi connectivity index (χ1n) is 3.99. The van der Waals surface area contributed by atoms with Crippen LogP contribution in [0.1, 0.15) is 5.56 Å². The van der Waals surface area contributed by atoms with Gasteiger partial charge in [-0.3, -0.25) is 0 Å². The lowest BCUT2D eigenvalue weighted by molar-refractivity contribution is 1.20. The molecule has 66 valence electrons. The second kappa shape index (κ2) is 3.64. The summed E-state index contributed by atoms with van der Waals surface area (Å²) in [5.74, 6) is 0. The van der Waals surface area contributed by atoms with Gasteiger partial charge in [0.2, 0.25) is 0 Å². The van der Waals surface area contributed by atoms with Crippen molar-refractivity contribution in [2.75, 3.05) is 6.54 Å². The van der Waals surface area contributed by atoms with E-state index in [4.69, 9.17) is 5.73 Å². The maximum absolute atomic E-state index is 5.36. The average Bonchev–Trinajstić information content (AvgIpc) is 2.61. The summed E-state index contributed by atoms with van der Waals surface area (Å²) in [5.41, 5.74) is 7.42. The predicted octanol–water partition coefficient (Wildman–Crippen LogP) is 1.66. The lowest BCUT2D eigenvalue weighted by Crippen LogP contribution is -1.91. The van der Waals surface area contributed by atoms with Gasteiger partial charge in [-0.1, -0.05) is 22.7 Å². The molecule has 0 atom stereocenters. The van der Waals surface area contributed by atoms with Crippen molar-refractivity contribution in [1.82, 2.24) is 9.59 Å². The van der Waals surface area contributed by atoms with Crippen LogP contribution in [0, 0.1) is 0 Å². The number of rotatable bonds is 2. The highest BCUT2D eigenvalue weighted by Crippen LogP contribution is 2.17. The first-order valence-corrected chi connectivity index (χ1v) is 4.76. The molecule has 0 aliphatic carbocycles. The summed E-state index contributed by atoms with van der Waals surface area (Å²) in [6, 6.07) is 6.07. The normalized spacial score (nSPS) is 11.5. The lowest BCUT2D eigenvalue weighted by Gasteiger charge is -1.91. The molecule has 13 heavy (non-hydrogen) atoms. The van der Waals surface area contributed by atoms with Gasteiger partial charge >= 0.3 is 0 Å². The Morgan fingerprint density at radius 2 is 2.38 bits per heavy atom. The molecule has 3 nitrogen and oxygen atoms in total. The molecule has 0 aliphatic rings. The molecule has 1 heterocycles. The van der Waals surface area contributed by atoms with Crippen LogP contribution in [0.4, 0.5) is 0 Å². The third-order valence-corrected chi connectivity index (χ3v) is 2.42. The molecule has 0 amide bonds. The van der Waals surface area contributed by atoms with Crippen molar-refractivity contribution in [3.63, 3.8) is 0 Å². The van der Waals surface area contributed by atoms with Gasteiger partial charge in [-0.2, -0.15) is 0 Å². The number of fused-ring (bicyclic) bond motifs is 1. The van der Waals surface area contributed by atoms with Crippen molar-refractivity contribution in [2.24, 2.45) is 5.73 Å². The molecule has 2 rings (SSSR count). The Balaban J connectivity index is 2.42. The summed E-state index contributed by atoms with van der Waals surface area (Å²) < 4.78 is 4.98. The van der Waals surface area contributed by atoms with Gasteiger partial charge in [-0.05, 0) is 29.2 Å². The van der Waals surface area contributed by atoms with E-state index in [1.165, 1.54) is 11.5 Å². The van der Waals surface area contributed by atoms with Gasteiger partial charge in [0.05, 0.1) is 4.70 Å². The molecule has 0 spiro atoms. The highest BCUT2D eigenvalue weighted by Gasteiger charge is 1.96. The van der Waals surface area contributed by atoms with Crippen LogP contribution >= 0.6 is 11.5 Å². The highest BCUT2D eigenvalue weighted by atomic mass is 32.1. The number of aromatic nitrogens is 2. The third kappa shape index (κ3) is 1.74. The molecular weight excluding hydrogens is 182 g/mol. The molecule has 0 unspecified atom stereocenters. The van der Waals surface area contributed by atoms with Crippen LogP contribution < -0.4 is 5.73 Å². The largest absolute Gasteiger partial charge is 0.327 e. The van der Waals surface area contributed by atoms with Crippen LogP contribution in [0.5, 0.6) is 0 Å². The number of nitrogens with two attached hydrogens (primary N) is 1. The average molecular weight is 191 g/mol. The van der Waals surface area contributed by atoms with E-state index in [1.807, 2.05) is 30.4 Å². The first-order chi connectivity index (χ1) is 6.40. The van der Waals surface area contributed by atoms with Gasteiger partial charge in [0, 0.05) is 6.54 Å². The Labute approximate surface area is 80.0 Å². The van der Waals surface area contributed by atoms with E-state index in [9.17, 15) is 0 Å². The van der Waals surface area contributed by atoms with Crippen molar-refractivity contribution in [1.29, 1.82) is 0 Å². The summed E-state index contributed by atoms with van der Waals surface area (Å²) >= 11 is 1.41. The number of nitrogens with zero attached hydrogens (tertiary/aromatic N) is 2. The second-order valence-corrected chi connectivity index (χ2v) is 3.42.